The van der Waals surface area contributed by atoms with E-state index in [1.165, 1.54) is 54.2 Å². The van der Waals surface area contributed by atoms with Crippen molar-refractivity contribution in [3.63, 3.8) is 0 Å². The van der Waals surface area contributed by atoms with Gasteiger partial charge in [-0.2, -0.15) is 12.1 Å². The molecule has 0 heterocycles. The van der Waals surface area contributed by atoms with Gasteiger partial charge >= 0.3 is 72.1 Å². The van der Waals surface area contributed by atoms with Crippen LogP contribution < -0.4 is 29.2 Å². The Labute approximate surface area is 259 Å². The molecule has 7 aromatic carbocycles. The number of hydrogen-bond donors (Lipinski definition) is 0. The molecule has 0 spiro atoms. The molecule has 0 saturated heterocycles. The van der Waals surface area contributed by atoms with E-state index in [1.54, 1.807) is 26.0 Å². The third-order valence-corrected chi connectivity index (χ3v) is 12.9. The van der Waals surface area contributed by atoms with E-state index in [1.807, 2.05) is 0 Å². The molecule has 0 fully saturated rings. The van der Waals surface area contributed by atoms with Crippen molar-refractivity contribution in [1.82, 2.24) is 0 Å². The number of aryl methyl sites for hydroxylation is 2. The summed E-state index contributed by atoms with van der Waals surface area (Å²) < 4.78 is 1.62. The number of fused-ring (bicyclic) bond motifs is 6. The zero-order chi connectivity index (χ0) is 25.8. The van der Waals surface area contributed by atoms with Crippen molar-refractivity contribution in [3.8, 4) is 0 Å². The summed E-state index contributed by atoms with van der Waals surface area (Å²) in [4.78, 5) is 0. The molecular formula is C35H30Cl2GeZr-2. The van der Waals surface area contributed by atoms with Crippen molar-refractivity contribution in [3.05, 3.63) is 139 Å². The maximum atomic E-state index is 2.41. The molecule has 0 unspecified atom stereocenters. The van der Waals surface area contributed by atoms with Gasteiger partial charge in [0.05, 0.1) is 0 Å². The zero-order valence-corrected chi connectivity index (χ0v) is 28.4. The molecule has 0 aliphatic heterocycles. The standard InChI is InChI=1S/2C14H11.C7H8Ge.2ClH.Zr/c2*1-10-8-12-7-6-11-4-2-3-5-13(11)14(12)9-10;1-8-7-5-3-2-4-6-7;;;/h2*2-9H,1H3;2-6H,1H3;2*1H;/q2*-1;;;;+2/p-2. The van der Waals surface area contributed by atoms with Crippen LogP contribution in [-0.2, 0) is 21.6 Å². The van der Waals surface area contributed by atoms with E-state index in [9.17, 15) is 0 Å². The van der Waals surface area contributed by atoms with E-state index < -0.39 is 9.98 Å². The Kier molecular flexibility index (Phi) is 11.6. The number of halogens is 2. The smallest absolute Gasteiger partial charge is 1.00 e. The molecule has 0 bridgehead atoms. The van der Waals surface area contributed by atoms with Crippen molar-refractivity contribution in [1.29, 1.82) is 0 Å². The van der Waals surface area contributed by atoms with Crippen molar-refractivity contribution < 1.29 is 46.4 Å². The van der Waals surface area contributed by atoms with Crippen LogP contribution in [0, 0.1) is 13.8 Å². The minimum absolute atomic E-state index is 0. The molecule has 7 aromatic rings. The molecule has 0 amide bonds. The van der Waals surface area contributed by atoms with Gasteiger partial charge in [0.25, 0.3) is 0 Å². The molecular weight excluding hydrogens is 655 g/mol. The maximum absolute atomic E-state index is 2.41. The number of rotatable bonds is 1. The average molecular weight is 685 g/mol. The summed E-state index contributed by atoms with van der Waals surface area (Å²) in [6.45, 7) is 4.30. The molecule has 0 aromatic heterocycles. The molecule has 0 aliphatic rings. The molecule has 7 rings (SSSR count). The Hall–Kier alpha value is -2.15. The fourth-order valence-electron chi connectivity index (χ4n) is 4.92. The van der Waals surface area contributed by atoms with Gasteiger partial charge < -0.3 is 24.8 Å². The maximum Gasteiger partial charge on any atom is -1.00 e. The average Bonchev–Trinajstić information content (AvgIpc) is 3.51. The summed E-state index contributed by atoms with van der Waals surface area (Å²) in [5.41, 5.74) is 2.69. The molecule has 0 atom stereocenters. The van der Waals surface area contributed by atoms with Gasteiger partial charge in [0.1, 0.15) is 0 Å². The molecule has 0 nitrogen and oxygen atoms in total. The van der Waals surface area contributed by atoms with Gasteiger partial charge in [-0.05, 0) is 10.8 Å². The summed E-state index contributed by atoms with van der Waals surface area (Å²) in [7, 11) is -0.676. The van der Waals surface area contributed by atoms with Crippen LogP contribution in [0.15, 0.2) is 127 Å². The van der Waals surface area contributed by atoms with E-state index in [-0.39, 0.29) is 24.8 Å². The van der Waals surface area contributed by atoms with Gasteiger partial charge in [-0.25, -0.2) is 0 Å². The summed E-state index contributed by atoms with van der Waals surface area (Å²) in [5, 5.41) is 10.8. The van der Waals surface area contributed by atoms with Gasteiger partial charge in [0.15, 0.2) is 0 Å². The Morgan fingerprint density at radius 1 is 0.513 bits per heavy atom. The molecule has 0 N–H and O–H groups in total. The second-order valence-corrected chi connectivity index (χ2v) is 23.0. The van der Waals surface area contributed by atoms with Gasteiger partial charge in [-0.3, -0.25) is 0 Å². The second-order valence-electron chi connectivity index (χ2n) is 9.64. The van der Waals surface area contributed by atoms with Crippen LogP contribution >= 0.6 is 0 Å². The van der Waals surface area contributed by atoms with Gasteiger partial charge in [-0.15, -0.1) is 56.9 Å². The topological polar surface area (TPSA) is 0 Å². The third-order valence-electron chi connectivity index (χ3n) is 6.73. The minimum Gasteiger partial charge on any atom is -1.00 e. The Morgan fingerprint density at radius 3 is 1.33 bits per heavy atom. The first-order valence-electron chi connectivity index (χ1n) is 12.7. The zero-order valence-electron chi connectivity index (χ0n) is 22.4. The minimum atomic E-state index is -0.676. The fourth-order valence-corrected chi connectivity index (χ4v) is 8.50. The Morgan fingerprint density at radius 2 is 0.923 bits per heavy atom. The molecule has 0 radical (unpaired) electrons. The first-order chi connectivity index (χ1) is 18.0. The van der Waals surface area contributed by atoms with Crippen molar-refractivity contribution in [2.45, 2.75) is 19.6 Å². The third kappa shape index (κ3) is 7.53. The molecule has 39 heavy (non-hydrogen) atoms. The van der Waals surface area contributed by atoms with Gasteiger partial charge in [0, 0.05) is 0 Å². The second kappa shape index (κ2) is 14.5. The quantitative estimate of drug-likeness (QED) is 0.184. The predicted molar refractivity (Wildman–Crippen MR) is 161 cm³/mol. The van der Waals surface area contributed by atoms with Crippen molar-refractivity contribution in [2.24, 2.45) is 0 Å². The summed E-state index contributed by atoms with van der Waals surface area (Å²) in [5.74, 6) is 2.41. The van der Waals surface area contributed by atoms with Crippen LogP contribution in [0.5, 0.6) is 0 Å². The molecule has 194 valence electrons. The number of benzene rings is 5. The number of hydrogen-bond acceptors (Lipinski definition) is 0. The first kappa shape index (κ1) is 31.4. The van der Waals surface area contributed by atoms with E-state index in [4.69, 9.17) is 0 Å². The van der Waals surface area contributed by atoms with E-state index in [0.717, 1.165) is 0 Å². The largest absolute Gasteiger partial charge is 1.00 e. The molecule has 0 aliphatic carbocycles. The van der Waals surface area contributed by atoms with Crippen LogP contribution in [0.4, 0.5) is 0 Å². The normalized spacial score (nSPS) is 10.2. The SMILES string of the molecule is Cc1cc2c(ccc3ccccc32)[cH-]1.Cc1cc2c(ccc3ccccc32)[cH-]1.[CH3][Ge](=[Zr+2])[c]1ccccc1.[Cl-].[Cl-]. The first-order valence-corrected chi connectivity index (χ1v) is 23.3. The van der Waals surface area contributed by atoms with E-state index in [0.29, 0.717) is 0 Å². The fraction of sp³-hybridized carbons (Fsp3) is 0.0857. The van der Waals surface area contributed by atoms with Crippen LogP contribution in [0.3, 0.4) is 0 Å². The molecule has 4 heteroatoms. The van der Waals surface area contributed by atoms with E-state index in [2.05, 4.69) is 147 Å². The Bertz CT molecular complexity index is 1720. The van der Waals surface area contributed by atoms with Crippen LogP contribution in [0.25, 0.3) is 43.1 Å². The van der Waals surface area contributed by atoms with Crippen molar-refractivity contribution in [2.75, 3.05) is 0 Å². The van der Waals surface area contributed by atoms with E-state index >= 15 is 0 Å². The van der Waals surface area contributed by atoms with Crippen molar-refractivity contribution >= 4 is 57.5 Å². The van der Waals surface area contributed by atoms with Crippen LogP contribution in [-0.4, -0.2) is 9.98 Å². The molecule has 0 saturated carbocycles. The Balaban J connectivity index is 0.000000162. The van der Waals surface area contributed by atoms with Crippen LogP contribution in [0.1, 0.15) is 11.1 Å². The summed E-state index contributed by atoms with van der Waals surface area (Å²) in [6, 6.07) is 45.7. The van der Waals surface area contributed by atoms with Gasteiger partial charge in [-0.1, -0.05) is 85.3 Å². The van der Waals surface area contributed by atoms with Gasteiger partial charge in [0.2, 0.25) is 0 Å². The summed E-state index contributed by atoms with van der Waals surface area (Å²) in [6.07, 6.45) is 0. The summed E-state index contributed by atoms with van der Waals surface area (Å²) >= 11 is 1.76. The predicted octanol–water partition coefficient (Wildman–Crippen LogP) is 3.11. The monoisotopic (exact) mass is 684 g/mol. The van der Waals surface area contributed by atoms with Crippen LogP contribution in [0.2, 0.25) is 5.76 Å².